The molecule has 0 saturated carbocycles. The van der Waals surface area contributed by atoms with Gasteiger partial charge in [0, 0.05) is 34.3 Å². The van der Waals surface area contributed by atoms with E-state index in [9.17, 15) is 4.79 Å². The molecule has 0 saturated heterocycles. The number of carbonyl (C=O) groups excluding carboxylic acids is 1. The maximum absolute atomic E-state index is 11.6. The second-order valence-electron chi connectivity index (χ2n) is 7.76. The Hall–Kier alpha value is -2.56. The lowest BCUT2D eigenvalue weighted by Gasteiger charge is -2.28. The van der Waals surface area contributed by atoms with Crippen LogP contribution in [-0.2, 0) is 17.6 Å². The Morgan fingerprint density at radius 3 is 2.96 bits per heavy atom. The van der Waals surface area contributed by atoms with Crippen molar-refractivity contribution in [2.75, 3.05) is 5.32 Å². The summed E-state index contributed by atoms with van der Waals surface area (Å²) in [6.07, 6.45) is 3.76. The summed E-state index contributed by atoms with van der Waals surface area (Å²) in [4.78, 5) is 15.1. The number of aromatic amines is 2. The summed E-state index contributed by atoms with van der Waals surface area (Å²) in [5, 5.41) is 11.8. The number of nitrogens with zero attached hydrogens (tertiary/aromatic N) is 1. The summed E-state index contributed by atoms with van der Waals surface area (Å²) >= 11 is 0. The molecule has 3 N–H and O–H groups in total. The van der Waals surface area contributed by atoms with E-state index in [0.717, 1.165) is 40.8 Å². The highest BCUT2D eigenvalue weighted by molar-refractivity contribution is 5.94. The number of carbonyl (C=O) groups is 1. The second-order valence-corrected chi connectivity index (χ2v) is 7.76. The molecule has 2 aromatic heterocycles. The Kier molecular flexibility index (Phi) is 3.67. The van der Waals surface area contributed by atoms with Crippen LogP contribution in [0, 0.1) is 5.41 Å². The fraction of sp³-hybridized carbons (Fsp3) is 0.400. The van der Waals surface area contributed by atoms with Gasteiger partial charge in [-0.15, -0.1) is 0 Å². The van der Waals surface area contributed by atoms with E-state index >= 15 is 0 Å². The van der Waals surface area contributed by atoms with Gasteiger partial charge in [0.2, 0.25) is 5.91 Å². The highest BCUT2D eigenvalue weighted by atomic mass is 16.1. The third-order valence-electron chi connectivity index (χ3n) is 5.14. The molecule has 2 heterocycles. The molecule has 130 valence electrons. The van der Waals surface area contributed by atoms with E-state index in [4.69, 9.17) is 0 Å². The number of aromatic nitrogens is 3. The van der Waals surface area contributed by atoms with Gasteiger partial charge in [0.1, 0.15) is 5.69 Å². The van der Waals surface area contributed by atoms with Gasteiger partial charge in [-0.25, -0.2) is 0 Å². The first kappa shape index (κ1) is 15.9. The lowest BCUT2D eigenvalue weighted by molar-refractivity contribution is -0.115. The Labute approximate surface area is 147 Å². The fourth-order valence-corrected chi connectivity index (χ4v) is 3.66. The van der Waals surface area contributed by atoms with Crippen LogP contribution in [-0.4, -0.2) is 21.1 Å². The maximum Gasteiger partial charge on any atom is 0.224 e. The molecule has 0 bridgehead atoms. The van der Waals surface area contributed by atoms with Crippen molar-refractivity contribution in [3.63, 3.8) is 0 Å². The summed E-state index contributed by atoms with van der Waals surface area (Å²) in [5.41, 5.74) is 6.88. The molecule has 3 aromatic rings. The molecule has 0 spiro atoms. The molecule has 5 nitrogen and oxygen atoms in total. The van der Waals surface area contributed by atoms with Crippen molar-refractivity contribution in [1.82, 2.24) is 15.2 Å². The number of nitrogens with one attached hydrogen (secondary N) is 3. The first-order chi connectivity index (χ1) is 11.9. The van der Waals surface area contributed by atoms with Gasteiger partial charge in [0.15, 0.2) is 0 Å². The predicted octanol–water partition coefficient (Wildman–Crippen LogP) is 4.42. The summed E-state index contributed by atoms with van der Waals surface area (Å²) in [7, 11) is 0. The second kappa shape index (κ2) is 5.76. The first-order valence-electron chi connectivity index (χ1n) is 8.94. The average Bonchev–Trinajstić information content (AvgIpc) is 3.16. The van der Waals surface area contributed by atoms with Crippen LogP contribution in [0.15, 0.2) is 24.3 Å². The number of benzene rings is 1. The van der Waals surface area contributed by atoms with Gasteiger partial charge in [0.05, 0.1) is 5.69 Å². The van der Waals surface area contributed by atoms with Crippen LogP contribution >= 0.6 is 0 Å². The zero-order valence-electron chi connectivity index (χ0n) is 15.0. The van der Waals surface area contributed by atoms with Crippen LogP contribution in [0.2, 0.25) is 0 Å². The molecule has 0 unspecified atom stereocenters. The van der Waals surface area contributed by atoms with Crippen molar-refractivity contribution in [2.45, 2.75) is 46.5 Å². The van der Waals surface area contributed by atoms with Crippen LogP contribution < -0.4 is 5.32 Å². The van der Waals surface area contributed by atoms with Crippen LogP contribution in [0.1, 0.15) is 44.9 Å². The number of hydrogen-bond acceptors (Lipinski definition) is 2. The largest absolute Gasteiger partial charge is 0.353 e. The Bertz CT molecular complexity index is 948. The number of hydrogen-bond donors (Lipinski definition) is 3. The first-order valence-corrected chi connectivity index (χ1v) is 8.94. The van der Waals surface area contributed by atoms with E-state index in [1.807, 2.05) is 25.1 Å². The predicted molar refractivity (Wildman–Crippen MR) is 101 cm³/mol. The number of anilines is 1. The summed E-state index contributed by atoms with van der Waals surface area (Å²) in [6.45, 7) is 6.47. The van der Waals surface area contributed by atoms with Crippen molar-refractivity contribution >= 4 is 22.5 Å². The monoisotopic (exact) mass is 336 g/mol. The Balaban J connectivity index is 1.69. The standard InChI is InChI=1S/C20H24N4O/c1-4-18(25)21-13-5-6-15-12(9-13)10-16(22-15)19-14-7-8-20(2,3)11-17(14)23-24-19/h5-6,9-10,22H,4,7-8,11H2,1-3H3,(H,21,25)(H,23,24). The molecular formula is C20H24N4O. The number of rotatable bonds is 3. The highest BCUT2D eigenvalue weighted by Gasteiger charge is 2.29. The molecule has 0 aliphatic heterocycles. The van der Waals surface area contributed by atoms with Crippen LogP contribution in [0.5, 0.6) is 0 Å². The van der Waals surface area contributed by atoms with Crippen LogP contribution in [0.3, 0.4) is 0 Å². The van der Waals surface area contributed by atoms with Gasteiger partial charge in [0.25, 0.3) is 0 Å². The minimum Gasteiger partial charge on any atom is -0.353 e. The lowest BCUT2D eigenvalue weighted by Crippen LogP contribution is -2.21. The molecule has 25 heavy (non-hydrogen) atoms. The zero-order chi connectivity index (χ0) is 17.6. The molecular weight excluding hydrogens is 312 g/mol. The molecule has 5 heteroatoms. The minimum absolute atomic E-state index is 0.0269. The van der Waals surface area contributed by atoms with Crippen molar-refractivity contribution in [2.24, 2.45) is 5.41 Å². The summed E-state index contributed by atoms with van der Waals surface area (Å²) in [6, 6.07) is 8.06. The van der Waals surface area contributed by atoms with E-state index in [2.05, 4.69) is 40.4 Å². The molecule has 1 aliphatic carbocycles. The normalized spacial score (nSPS) is 16.0. The Morgan fingerprint density at radius 1 is 1.32 bits per heavy atom. The van der Waals surface area contributed by atoms with E-state index in [1.165, 1.54) is 17.7 Å². The van der Waals surface area contributed by atoms with Crippen molar-refractivity contribution < 1.29 is 4.79 Å². The zero-order valence-corrected chi connectivity index (χ0v) is 15.0. The molecule has 1 amide bonds. The van der Waals surface area contributed by atoms with Crippen LogP contribution in [0.4, 0.5) is 5.69 Å². The summed E-state index contributed by atoms with van der Waals surface area (Å²) < 4.78 is 0. The van der Waals surface area contributed by atoms with E-state index < -0.39 is 0 Å². The number of fused-ring (bicyclic) bond motifs is 2. The van der Waals surface area contributed by atoms with E-state index in [0.29, 0.717) is 11.8 Å². The average molecular weight is 336 g/mol. The SMILES string of the molecule is CCC(=O)Nc1ccc2[nH]c(-c3n[nH]c4c3CCC(C)(C)C4)cc2c1. The lowest BCUT2D eigenvalue weighted by atomic mass is 9.76. The van der Waals surface area contributed by atoms with Crippen LogP contribution in [0.25, 0.3) is 22.3 Å². The molecule has 1 aliphatic rings. The quantitative estimate of drug-likeness (QED) is 0.662. The third kappa shape index (κ3) is 2.95. The van der Waals surface area contributed by atoms with Gasteiger partial charge in [-0.3, -0.25) is 9.89 Å². The minimum atomic E-state index is 0.0269. The molecule has 4 rings (SSSR count). The Morgan fingerprint density at radius 2 is 2.16 bits per heavy atom. The summed E-state index contributed by atoms with van der Waals surface area (Å²) in [5.74, 6) is 0.0269. The highest BCUT2D eigenvalue weighted by Crippen LogP contribution is 2.38. The molecule has 0 fully saturated rings. The van der Waals surface area contributed by atoms with Crippen molar-refractivity contribution in [1.29, 1.82) is 0 Å². The van der Waals surface area contributed by atoms with Gasteiger partial charge >= 0.3 is 0 Å². The number of amides is 1. The van der Waals surface area contributed by atoms with E-state index in [-0.39, 0.29) is 5.91 Å². The van der Waals surface area contributed by atoms with Gasteiger partial charge in [-0.05, 0) is 48.9 Å². The van der Waals surface area contributed by atoms with Crippen molar-refractivity contribution in [3.05, 3.63) is 35.5 Å². The van der Waals surface area contributed by atoms with Crippen molar-refractivity contribution in [3.8, 4) is 11.4 Å². The fourth-order valence-electron chi connectivity index (χ4n) is 3.66. The topological polar surface area (TPSA) is 73.6 Å². The maximum atomic E-state index is 11.6. The number of H-pyrrole nitrogens is 2. The molecule has 0 radical (unpaired) electrons. The molecule has 0 atom stereocenters. The van der Waals surface area contributed by atoms with Gasteiger partial charge in [-0.2, -0.15) is 5.10 Å². The van der Waals surface area contributed by atoms with Gasteiger partial charge < -0.3 is 10.3 Å². The third-order valence-corrected chi connectivity index (χ3v) is 5.14. The molecule has 1 aromatic carbocycles. The van der Waals surface area contributed by atoms with E-state index in [1.54, 1.807) is 0 Å². The van der Waals surface area contributed by atoms with Gasteiger partial charge in [-0.1, -0.05) is 20.8 Å². The smallest absolute Gasteiger partial charge is 0.224 e.